The second-order valence-electron chi connectivity index (χ2n) is 7.29. The molecule has 7 nitrogen and oxygen atoms in total. The SMILES string of the molecule is Cc1cn(CC(=O)N[C@H]2CCCCN(Cc3ccccc3Cl)C2)c(=O)[nH]c1=O. The highest BCUT2D eigenvalue weighted by Gasteiger charge is 2.21. The number of carbonyl (C=O) groups excluding carboxylic acids is 1. The van der Waals surface area contributed by atoms with E-state index in [-0.39, 0.29) is 18.5 Å². The van der Waals surface area contributed by atoms with Gasteiger partial charge in [0.25, 0.3) is 5.56 Å². The molecule has 1 amide bonds. The van der Waals surface area contributed by atoms with E-state index in [1.165, 1.54) is 10.8 Å². The lowest BCUT2D eigenvalue weighted by atomic mass is 10.1. The van der Waals surface area contributed by atoms with Gasteiger partial charge in [-0.15, -0.1) is 0 Å². The standard InChI is InChI=1S/C20H25ClN4O3/c1-14-10-25(20(28)23-19(14)27)13-18(26)22-16-7-4-5-9-24(12-16)11-15-6-2-3-8-17(15)21/h2-3,6,8,10,16H,4-5,7,9,11-13H2,1H3,(H,22,26)(H,23,27,28)/t16-/m0/s1. The number of nitrogens with one attached hydrogen (secondary N) is 2. The fourth-order valence-corrected chi connectivity index (χ4v) is 3.71. The van der Waals surface area contributed by atoms with Crippen molar-refractivity contribution in [1.82, 2.24) is 19.8 Å². The molecule has 2 heterocycles. The highest BCUT2D eigenvalue weighted by molar-refractivity contribution is 6.31. The van der Waals surface area contributed by atoms with Crippen molar-refractivity contribution in [1.29, 1.82) is 0 Å². The van der Waals surface area contributed by atoms with Crippen molar-refractivity contribution < 1.29 is 4.79 Å². The van der Waals surface area contributed by atoms with Gasteiger partial charge in [-0.05, 0) is 37.9 Å². The molecule has 0 unspecified atom stereocenters. The number of aryl methyl sites for hydroxylation is 1. The van der Waals surface area contributed by atoms with Crippen molar-refractivity contribution in [2.45, 2.75) is 45.3 Å². The molecule has 8 heteroatoms. The van der Waals surface area contributed by atoms with E-state index in [0.717, 1.165) is 49.5 Å². The molecular weight excluding hydrogens is 380 g/mol. The average molecular weight is 405 g/mol. The van der Waals surface area contributed by atoms with Gasteiger partial charge < -0.3 is 5.32 Å². The van der Waals surface area contributed by atoms with E-state index in [4.69, 9.17) is 11.6 Å². The fraction of sp³-hybridized carbons (Fsp3) is 0.450. The van der Waals surface area contributed by atoms with Gasteiger partial charge in [-0.1, -0.05) is 36.2 Å². The Hall–Kier alpha value is -2.38. The molecule has 1 fully saturated rings. The van der Waals surface area contributed by atoms with Gasteiger partial charge in [-0.3, -0.25) is 24.0 Å². The van der Waals surface area contributed by atoms with Gasteiger partial charge in [0.2, 0.25) is 5.91 Å². The molecule has 1 atom stereocenters. The van der Waals surface area contributed by atoms with E-state index >= 15 is 0 Å². The highest BCUT2D eigenvalue weighted by atomic mass is 35.5. The number of aromatic amines is 1. The van der Waals surface area contributed by atoms with Crippen LogP contribution in [0, 0.1) is 6.92 Å². The van der Waals surface area contributed by atoms with Crippen molar-refractivity contribution in [2.24, 2.45) is 0 Å². The number of hydrogen-bond donors (Lipinski definition) is 2. The second-order valence-corrected chi connectivity index (χ2v) is 7.69. The number of H-pyrrole nitrogens is 1. The summed E-state index contributed by atoms with van der Waals surface area (Å²) in [6, 6.07) is 7.81. The lowest BCUT2D eigenvalue weighted by Gasteiger charge is -2.25. The van der Waals surface area contributed by atoms with Gasteiger partial charge in [0, 0.05) is 35.9 Å². The zero-order valence-corrected chi connectivity index (χ0v) is 16.7. The molecule has 0 bridgehead atoms. The molecule has 150 valence electrons. The summed E-state index contributed by atoms with van der Waals surface area (Å²) in [6.07, 6.45) is 4.40. The van der Waals surface area contributed by atoms with Crippen LogP contribution in [0.3, 0.4) is 0 Å². The van der Waals surface area contributed by atoms with E-state index in [9.17, 15) is 14.4 Å². The van der Waals surface area contributed by atoms with Gasteiger partial charge in [-0.2, -0.15) is 0 Å². The molecule has 1 aromatic heterocycles. The first-order chi connectivity index (χ1) is 13.4. The molecule has 1 aromatic carbocycles. The Morgan fingerprint density at radius 2 is 2.07 bits per heavy atom. The van der Waals surface area contributed by atoms with Crippen molar-refractivity contribution >= 4 is 17.5 Å². The Balaban J connectivity index is 1.62. The fourth-order valence-electron chi connectivity index (χ4n) is 3.51. The number of aromatic nitrogens is 2. The summed E-state index contributed by atoms with van der Waals surface area (Å²) in [6.45, 7) is 3.92. The number of benzene rings is 1. The summed E-state index contributed by atoms with van der Waals surface area (Å²) in [5, 5.41) is 3.78. The minimum Gasteiger partial charge on any atom is -0.351 e. The Morgan fingerprint density at radius 3 is 2.86 bits per heavy atom. The molecule has 3 rings (SSSR count). The van der Waals surface area contributed by atoms with E-state index < -0.39 is 11.2 Å². The molecule has 2 aromatic rings. The third-order valence-electron chi connectivity index (χ3n) is 4.98. The van der Waals surface area contributed by atoms with Crippen LogP contribution in [0.1, 0.15) is 30.4 Å². The molecular formula is C20H25ClN4O3. The predicted octanol–water partition coefficient (Wildman–Crippen LogP) is 1.67. The van der Waals surface area contributed by atoms with Crippen LogP contribution in [-0.2, 0) is 17.9 Å². The monoisotopic (exact) mass is 404 g/mol. The Labute approximate surface area is 168 Å². The summed E-state index contributed by atoms with van der Waals surface area (Å²) in [5.74, 6) is -0.238. The number of hydrogen-bond acceptors (Lipinski definition) is 4. The highest BCUT2D eigenvalue weighted by Crippen LogP contribution is 2.19. The zero-order valence-electron chi connectivity index (χ0n) is 15.9. The van der Waals surface area contributed by atoms with Crippen LogP contribution in [0.25, 0.3) is 0 Å². The molecule has 28 heavy (non-hydrogen) atoms. The summed E-state index contributed by atoms with van der Waals surface area (Å²) < 4.78 is 1.23. The first-order valence-corrected chi connectivity index (χ1v) is 9.85. The van der Waals surface area contributed by atoms with Crippen LogP contribution in [0.15, 0.2) is 40.1 Å². The van der Waals surface area contributed by atoms with Crippen molar-refractivity contribution in [3.05, 3.63) is 67.4 Å². The summed E-state index contributed by atoms with van der Waals surface area (Å²) in [5.41, 5.74) is 0.465. The topological polar surface area (TPSA) is 87.2 Å². The third kappa shape index (κ3) is 5.33. The number of carbonyl (C=O) groups is 1. The zero-order chi connectivity index (χ0) is 20.1. The lowest BCUT2D eigenvalue weighted by molar-refractivity contribution is -0.122. The molecule has 1 aliphatic heterocycles. The number of amides is 1. The van der Waals surface area contributed by atoms with E-state index in [0.29, 0.717) is 5.56 Å². The van der Waals surface area contributed by atoms with E-state index in [2.05, 4.69) is 15.2 Å². The maximum Gasteiger partial charge on any atom is 0.328 e. The van der Waals surface area contributed by atoms with E-state index in [1.54, 1.807) is 6.92 Å². The lowest BCUT2D eigenvalue weighted by Crippen LogP contribution is -2.45. The van der Waals surface area contributed by atoms with Crippen LogP contribution in [0.2, 0.25) is 5.02 Å². The molecule has 0 radical (unpaired) electrons. The summed E-state index contributed by atoms with van der Waals surface area (Å²) in [7, 11) is 0. The quantitative estimate of drug-likeness (QED) is 0.793. The number of nitrogens with zero attached hydrogens (tertiary/aromatic N) is 2. The Morgan fingerprint density at radius 1 is 1.29 bits per heavy atom. The largest absolute Gasteiger partial charge is 0.351 e. The van der Waals surface area contributed by atoms with Gasteiger partial charge in [-0.25, -0.2) is 4.79 Å². The maximum absolute atomic E-state index is 12.5. The van der Waals surface area contributed by atoms with Crippen molar-refractivity contribution in [3.63, 3.8) is 0 Å². The first-order valence-electron chi connectivity index (χ1n) is 9.48. The molecule has 0 saturated carbocycles. The average Bonchev–Trinajstić information content (AvgIpc) is 2.86. The molecule has 0 spiro atoms. The molecule has 1 saturated heterocycles. The molecule has 2 N–H and O–H groups in total. The summed E-state index contributed by atoms with van der Waals surface area (Å²) in [4.78, 5) is 40.3. The van der Waals surface area contributed by atoms with Crippen molar-refractivity contribution in [3.8, 4) is 0 Å². The van der Waals surface area contributed by atoms with Crippen LogP contribution < -0.4 is 16.6 Å². The van der Waals surface area contributed by atoms with Crippen LogP contribution in [-0.4, -0.2) is 39.5 Å². The number of rotatable bonds is 5. The van der Waals surface area contributed by atoms with Gasteiger partial charge in [0.05, 0.1) is 0 Å². The van der Waals surface area contributed by atoms with Crippen molar-refractivity contribution in [2.75, 3.05) is 13.1 Å². The predicted molar refractivity (Wildman–Crippen MR) is 109 cm³/mol. The normalized spacial score (nSPS) is 17.9. The number of halogens is 1. The smallest absolute Gasteiger partial charge is 0.328 e. The third-order valence-corrected chi connectivity index (χ3v) is 5.34. The Kier molecular flexibility index (Phi) is 6.70. The minimum absolute atomic E-state index is 0.0112. The minimum atomic E-state index is -0.577. The van der Waals surface area contributed by atoms with Gasteiger partial charge in [0.15, 0.2) is 0 Å². The summed E-state index contributed by atoms with van der Waals surface area (Å²) >= 11 is 6.28. The maximum atomic E-state index is 12.5. The van der Waals surface area contributed by atoms with Crippen LogP contribution in [0.5, 0.6) is 0 Å². The molecule has 1 aliphatic rings. The van der Waals surface area contributed by atoms with Gasteiger partial charge in [0.1, 0.15) is 6.54 Å². The Bertz CT molecular complexity index is 953. The molecule has 0 aliphatic carbocycles. The number of likely N-dealkylation sites (tertiary alicyclic amines) is 1. The van der Waals surface area contributed by atoms with Crippen LogP contribution in [0.4, 0.5) is 0 Å². The van der Waals surface area contributed by atoms with Gasteiger partial charge >= 0.3 is 5.69 Å². The van der Waals surface area contributed by atoms with E-state index in [1.807, 2.05) is 24.3 Å². The first kappa shape index (κ1) is 20.4. The van der Waals surface area contributed by atoms with Crippen LogP contribution >= 0.6 is 11.6 Å². The second kappa shape index (κ2) is 9.21.